The molecule has 2 aliphatic rings. The van der Waals surface area contributed by atoms with Crippen LogP contribution in [0.3, 0.4) is 0 Å². The summed E-state index contributed by atoms with van der Waals surface area (Å²) in [6.07, 6.45) is 13.0. The molecule has 0 bridgehead atoms. The van der Waals surface area contributed by atoms with Gasteiger partial charge in [-0.25, -0.2) is 19.5 Å². The third-order valence-corrected chi connectivity index (χ3v) is 7.03. The summed E-state index contributed by atoms with van der Waals surface area (Å²) < 4.78 is 3.96. The molecule has 1 N–H and O–H groups in total. The summed E-state index contributed by atoms with van der Waals surface area (Å²) in [6, 6.07) is 3.22. The molecule has 0 spiro atoms. The summed E-state index contributed by atoms with van der Waals surface area (Å²) in [5.41, 5.74) is 4.22. The van der Waals surface area contributed by atoms with Crippen LogP contribution in [-0.2, 0) is 6.42 Å². The number of piperazine rings is 1. The molecular formula is C23H29N9. The fourth-order valence-corrected chi connectivity index (χ4v) is 4.91. The van der Waals surface area contributed by atoms with Gasteiger partial charge in [-0.1, -0.05) is 6.92 Å². The molecule has 0 unspecified atom stereocenters. The van der Waals surface area contributed by atoms with Crippen molar-refractivity contribution in [3.63, 3.8) is 0 Å². The Morgan fingerprint density at radius 1 is 1.03 bits per heavy atom. The predicted molar refractivity (Wildman–Crippen MR) is 124 cm³/mol. The van der Waals surface area contributed by atoms with Crippen molar-refractivity contribution in [3.05, 3.63) is 42.7 Å². The highest BCUT2D eigenvalue weighted by Crippen LogP contribution is 2.29. The first-order valence-electron chi connectivity index (χ1n) is 11.5. The molecule has 0 atom stereocenters. The number of nitrogens with one attached hydrogen (secondary N) is 1. The van der Waals surface area contributed by atoms with E-state index in [9.17, 15) is 0 Å². The van der Waals surface area contributed by atoms with Crippen LogP contribution in [0.4, 0.5) is 5.95 Å². The standard InChI is InChI=1S/C23H29N9/c1-3-18-13-26-23-25-12-16(15-31(18)23)20-4-5-32-21(20)14-24-22(28-32)27-17-10-19(11-17)30-8-6-29(2)7-9-30/h4-5,12-15,17,19H,3,6-11H2,1-2H3,(H,27,28). The molecular weight excluding hydrogens is 402 g/mol. The minimum absolute atomic E-state index is 0.451. The van der Waals surface area contributed by atoms with E-state index in [1.807, 2.05) is 29.3 Å². The van der Waals surface area contributed by atoms with Gasteiger partial charge in [-0.05, 0) is 32.4 Å². The van der Waals surface area contributed by atoms with Crippen LogP contribution in [0.5, 0.6) is 0 Å². The number of hydrogen-bond acceptors (Lipinski definition) is 7. The Bertz CT molecular complexity index is 1250. The molecule has 9 heteroatoms. The van der Waals surface area contributed by atoms with E-state index in [-0.39, 0.29) is 0 Å². The first-order chi connectivity index (χ1) is 15.7. The van der Waals surface area contributed by atoms with Gasteiger partial charge < -0.3 is 10.2 Å². The highest BCUT2D eigenvalue weighted by atomic mass is 15.3. The van der Waals surface area contributed by atoms with Crippen LogP contribution in [0.2, 0.25) is 0 Å². The lowest BCUT2D eigenvalue weighted by Crippen LogP contribution is -2.55. The largest absolute Gasteiger partial charge is 0.350 e. The number of rotatable bonds is 5. The number of anilines is 1. The van der Waals surface area contributed by atoms with Gasteiger partial charge in [0, 0.05) is 73.7 Å². The van der Waals surface area contributed by atoms with Gasteiger partial charge in [0.1, 0.15) is 0 Å². The maximum absolute atomic E-state index is 4.71. The Morgan fingerprint density at radius 3 is 2.66 bits per heavy atom. The summed E-state index contributed by atoms with van der Waals surface area (Å²) in [5.74, 6) is 1.42. The number of hydrogen-bond donors (Lipinski definition) is 1. The summed E-state index contributed by atoms with van der Waals surface area (Å²) >= 11 is 0. The lowest BCUT2D eigenvalue weighted by atomic mass is 9.85. The molecule has 2 fully saturated rings. The molecule has 166 valence electrons. The Labute approximate surface area is 187 Å². The maximum Gasteiger partial charge on any atom is 0.241 e. The third kappa shape index (κ3) is 3.41. The monoisotopic (exact) mass is 431 g/mol. The molecule has 1 aliphatic carbocycles. The van der Waals surface area contributed by atoms with Crippen molar-refractivity contribution >= 4 is 17.2 Å². The lowest BCUT2D eigenvalue weighted by Gasteiger charge is -2.46. The smallest absolute Gasteiger partial charge is 0.241 e. The number of fused-ring (bicyclic) bond motifs is 2. The van der Waals surface area contributed by atoms with Crippen LogP contribution in [-0.4, -0.2) is 84.1 Å². The van der Waals surface area contributed by atoms with Crippen LogP contribution in [0.15, 0.2) is 37.1 Å². The first kappa shape index (κ1) is 19.6. The van der Waals surface area contributed by atoms with E-state index in [0.29, 0.717) is 18.0 Å². The van der Waals surface area contributed by atoms with Gasteiger partial charge in [-0.3, -0.25) is 9.30 Å². The van der Waals surface area contributed by atoms with Crippen LogP contribution < -0.4 is 5.32 Å². The number of aromatic nitrogens is 6. The molecule has 1 saturated carbocycles. The lowest BCUT2D eigenvalue weighted by molar-refractivity contribution is 0.0656. The zero-order chi connectivity index (χ0) is 21.7. The highest BCUT2D eigenvalue weighted by Gasteiger charge is 2.35. The zero-order valence-corrected chi connectivity index (χ0v) is 18.6. The zero-order valence-electron chi connectivity index (χ0n) is 18.6. The minimum atomic E-state index is 0.451. The van der Waals surface area contributed by atoms with E-state index in [4.69, 9.17) is 5.10 Å². The Balaban J connectivity index is 1.16. The van der Waals surface area contributed by atoms with Crippen molar-refractivity contribution in [3.8, 4) is 11.1 Å². The number of aryl methyl sites for hydroxylation is 1. The van der Waals surface area contributed by atoms with Crippen molar-refractivity contribution in [1.29, 1.82) is 0 Å². The molecule has 1 aliphatic heterocycles. The molecule has 0 amide bonds. The van der Waals surface area contributed by atoms with Crippen molar-refractivity contribution < 1.29 is 0 Å². The topological polar surface area (TPSA) is 78.9 Å². The fourth-order valence-electron chi connectivity index (χ4n) is 4.91. The summed E-state index contributed by atoms with van der Waals surface area (Å²) in [5, 5.41) is 8.24. The van der Waals surface area contributed by atoms with Crippen LogP contribution in [0.1, 0.15) is 25.5 Å². The highest BCUT2D eigenvalue weighted by molar-refractivity contribution is 5.79. The molecule has 5 heterocycles. The van der Waals surface area contributed by atoms with E-state index in [1.54, 1.807) is 0 Å². The van der Waals surface area contributed by atoms with Crippen molar-refractivity contribution in [2.45, 2.75) is 38.3 Å². The van der Waals surface area contributed by atoms with Crippen LogP contribution in [0, 0.1) is 0 Å². The normalized spacial score (nSPS) is 22.4. The second-order valence-corrected chi connectivity index (χ2v) is 9.06. The first-order valence-corrected chi connectivity index (χ1v) is 11.5. The van der Waals surface area contributed by atoms with Crippen molar-refractivity contribution in [2.75, 3.05) is 38.5 Å². The number of likely N-dealkylation sites (N-methyl/N-ethyl adjacent to an activating group) is 1. The third-order valence-electron chi connectivity index (χ3n) is 7.03. The molecule has 1 saturated heterocycles. The molecule has 32 heavy (non-hydrogen) atoms. The average Bonchev–Trinajstić information content (AvgIpc) is 3.39. The van der Waals surface area contributed by atoms with Crippen molar-refractivity contribution in [2.24, 2.45) is 0 Å². The Kier molecular flexibility index (Phi) is 4.80. The van der Waals surface area contributed by atoms with Gasteiger partial charge in [0.15, 0.2) is 0 Å². The van der Waals surface area contributed by atoms with Crippen LogP contribution in [0.25, 0.3) is 22.4 Å². The molecule has 4 aromatic rings. The minimum Gasteiger partial charge on any atom is -0.350 e. The molecule has 9 nitrogen and oxygen atoms in total. The summed E-state index contributed by atoms with van der Waals surface area (Å²) in [7, 11) is 2.21. The average molecular weight is 432 g/mol. The predicted octanol–water partition coefficient (Wildman–Crippen LogP) is 2.19. The van der Waals surface area contributed by atoms with Gasteiger partial charge >= 0.3 is 0 Å². The fraction of sp³-hybridized carbons (Fsp3) is 0.478. The number of nitrogens with zero attached hydrogens (tertiary/aromatic N) is 8. The van der Waals surface area contributed by atoms with Gasteiger partial charge in [0.2, 0.25) is 11.7 Å². The molecule has 4 aromatic heterocycles. The SMILES string of the molecule is CCc1cnc2ncc(-c3ccn4nc(NC5CC(N6CCN(C)CC6)C5)ncc34)cn12. The van der Waals surface area contributed by atoms with Gasteiger partial charge in [-0.2, -0.15) is 0 Å². The van der Waals surface area contributed by atoms with E-state index in [2.05, 4.69) is 60.7 Å². The molecule has 6 rings (SSSR count). The van der Waals surface area contributed by atoms with Gasteiger partial charge in [0.25, 0.3) is 0 Å². The summed E-state index contributed by atoms with van der Waals surface area (Å²) in [4.78, 5) is 18.6. The Hall–Kier alpha value is -3.04. The second kappa shape index (κ2) is 7.83. The van der Waals surface area contributed by atoms with Gasteiger partial charge in [-0.15, -0.1) is 5.10 Å². The second-order valence-electron chi connectivity index (χ2n) is 9.06. The Morgan fingerprint density at radius 2 is 1.84 bits per heavy atom. The number of imidazole rings is 1. The van der Waals surface area contributed by atoms with E-state index in [0.717, 1.165) is 34.5 Å². The van der Waals surface area contributed by atoms with E-state index < -0.39 is 0 Å². The maximum atomic E-state index is 4.71. The van der Waals surface area contributed by atoms with E-state index in [1.165, 1.54) is 39.0 Å². The quantitative estimate of drug-likeness (QED) is 0.519. The van der Waals surface area contributed by atoms with E-state index >= 15 is 0 Å². The summed E-state index contributed by atoms with van der Waals surface area (Å²) in [6.45, 7) is 6.84. The molecule has 0 radical (unpaired) electrons. The molecule has 0 aromatic carbocycles. The van der Waals surface area contributed by atoms with Crippen molar-refractivity contribution in [1.82, 2.24) is 38.8 Å². The van der Waals surface area contributed by atoms with Gasteiger partial charge in [0.05, 0.1) is 17.9 Å². The van der Waals surface area contributed by atoms with Crippen LogP contribution >= 0.6 is 0 Å².